The van der Waals surface area contributed by atoms with Crippen molar-refractivity contribution in [2.45, 2.75) is 113 Å². The van der Waals surface area contributed by atoms with Gasteiger partial charge in [-0.05, 0) is 164 Å². The standard InChI is InChI=1S/C18H15ClFNO.C18H17ClN2O.C18H18N2.C17H14ClFN2O.C17H15FN2O/c1-11(2)17-16(20)13-9-6-10-14(19)15(13)18(22)21(17)12-7-4-3-5-8-12;1-11(2)17-20-15-9-5-8-14(19)16(15)18(22)21(17)13-7-4-6-12(3)10-13;1-12(2)15-11-14-8-7-13(3)10-17(14)20-18(15)16-6-4-5-9-19-16;1-10(2)16-20-14-8-4-7-13(18)15(14)17(22)21(16)12-6-3-5-11(19)9-12;1-11(2)16-19-14-10-6-9-13(18)15(14)17(21)20(16)12-7-4-3-5-8-12/h3-11H,1-2H3;4-11H,1-3H3;4-12H,1-3H3;3-10H,1-2H3;3-11H,1-2H3. The molecule has 0 radical (unpaired) electrons. The first-order valence-corrected chi connectivity index (χ1v) is 36.3. The summed E-state index contributed by atoms with van der Waals surface area (Å²) in [5.41, 5.74) is 10.0. The fourth-order valence-corrected chi connectivity index (χ4v) is 13.4. The maximum absolute atomic E-state index is 15.0. The van der Waals surface area contributed by atoms with Crippen LogP contribution in [0.1, 0.15) is 139 Å². The normalized spacial score (nSPS) is 11.3. The zero-order valence-electron chi connectivity index (χ0n) is 61.3. The van der Waals surface area contributed by atoms with Crippen molar-refractivity contribution in [3.63, 3.8) is 0 Å². The molecule has 15 aromatic rings. The van der Waals surface area contributed by atoms with Crippen molar-refractivity contribution in [1.82, 2.24) is 43.2 Å². The predicted molar refractivity (Wildman–Crippen MR) is 431 cm³/mol. The molecular formula is C88H79Cl3F3N9O4. The van der Waals surface area contributed by atoms with Gasteiger partial charge in [0.2, 0.25) is 0 Å². The van der Waals surface area contributed by atoms with Gasteiger partial charge in [0.1, 0.15) is 34.5 Å². The average molecular weight is 1490 g/mol. The molecule has 13 nitrogen and oxygen atoms in total. The van der Waals surface area contributed by atoms with Gasteiger partial charge in [0.25, 0.3) is 22.2 Å². The summed E-state index contributed by atoms with van der Waals surface area (Å²) in [5.74, 6) is 1.06. The summed E-state index contributed by atoms with van der Waals surface area (Å²) in [5, 5.41) is 3.57. The Balaban J connectivity index is 0.000000133. The summed E-state index contributed by atoms with van der Waals surface area (Å²) in [6, 6.07) is 66.6. The van der Waals surface area contributed by atoms with Crippen LogP contribution in [-0.2, 0) is 0 Å². The molecule has 0 amide bonds. The van der Waals surface area contributed by atoms with E-state index in [1.807, 2.05) is 172 Å². The highest BCUT2D eigenvalue weighted by molar-refractivity contribution is 6.36. The van der Waals surface area contributed by atoms with E-state index in [1.54, 1.807) is 83.4 Å². The van der Waals surface area contributed by atoms with Crippen LogP contribution in [0, 0.1) is 31.3 Å². The smallest absolute Gasteiger partial charge is 0.268 e. The van der Waals surface area contributed by atoms with E-state index in [-0.39, 0.29) is 67.1 Å². The van der Waals surface area contributed by atoms with E-state index in [4.69, 9.17) is 39.8 Å². The minimum Gasteiger partial charge on any atom is -0.277 e. The monoisotopic (exact) mass is 1490 g/mol. The van der Waals surface area contributed by atoms with Gasteiger partial charge in [0.05, 0.1) is 87.4 Å². The molecule has 0 saturated heterocycles. The van der Waals surface area contributed by atoms with Crippen LogP contribution in [0.4, 0.5) is 13.2 Å². The van der Waals surface area contributed by atoms with Crippen molar-refractivity contribution in [1.29, 1.82) is 0 Å². The first kappa shape index (κ1) is 76.9. The number of para-hydroxylation sites is 2. The molecule has 9 aromatic carbocycles. The van der Waals surface area contributed by atoms with Crippen LogP contribution in [0.2, 0.25) is 15.1 Å². The number of aryl methyl sites for hydroxylation is 2. The van der Waals surface area contributed by atoms with Gasteiger partial charge in [0, 0.05) is 40.4 Å². The first-order valence-electron chi connectivity index (χ1n) is 35.2. The van der Waals surface area contributed by atoms with Crippen molar-refractivity contribution >= 4 is 89.2 Å². The third-order valence-corrected chi connectivity index (χ3v) is 18.7. The third-order valence-electron chi connectivity index (χ3n) is 17.7. The Kier molecular flexibility index (Phi) is 24.1. The van der Waals surface area contributed by atoms with Gasteiger partial charge in [-0.15, -0.1) is 0 Å². The number of hydrogen-bond donors (Lipinski definition) is 0. The highest BCUT2D eigenvalue weighted by atomic mass is 35.5. The Labute approximate surface area is 632 Å². The molecular weight excluding hydrogens is 1410 g/mol. The van der Waals surface area contributed by atoms with E-state index in [9.17, 15) is 28.0 Å². The van der Waals surface area contributed by atoms with Gasteiger partial charge in [-0.3, -0.25) is 42.4 Å². The second-order valence-corrected chi connectivity index (χ2v) is 28.6. The van der Waals surface area contributed by atoms with Crippen molar-refractivity contribution in [3.05, 3.63) is 344 Å². The maximum Gasteiger partial charge on any atom is 0.268 e. The molecule has 0 spiro atoms. The van der Waals surface area contributed by atoms with Crippen LogP contribution in [0.3, 0.4) is 0 Å². The van der Waals surface area contributed by atoms with E-state index in [1.165, 1.54) is 48.4 Å². The van der Waals surface area contributed by atoms with Crippen molar-refractivity contribution in [2.75, 3.05) is 0 Å². The van der Waals surface area contributed by atoms with Crippen LogP contribution in [-0.4, -0.2) is 43.2 Å². The zero-order valence-corrected chi connectivity index (χ0v) is 63.5. The average Bonchev–Trinajstić information content (AvgIpc) is 0.758. The molecule has 19 heteroatoms. The summed E-state index contributed by atoms with van der Waals surface area (Å²) in [4.78, 5) is 74.7. The van der Waals surface area contributed by atoms with Crippen molar-refractivity contribution < 1.29 is 13.2 Å². The lowest BCUT2D eigenvalue weighted by Crippen LogP contribution is -2.25. The van der Waals surface area contributed by atoms with E-state index in [2.05, 4.69) is 65.0 Å². The van der Waals surface area contributed by atoms with Gasteiger partial charge < -0.3 is 0 Å². The molecule has 0 unspecified atom stereocenters. The quantitative estimate of drug-likeness (QED) is 0.130. The third kappa shape index (κ3) is 16.6. The van der Waals surface area contributed by atoms with Gasteiger partial charge in [0.15, 0.2) is 5.82 Å². The highest BCUT2D eigenvalue weighted by Gasteiger charge is 2.24. The number of hydrogen-bond acceptors (Lipinski definition) is 9. The maximum atomic E-state index is 15.0. The molecule has 6 heterocycles. The predicted octanol–water partition coefficient (Wildman–Crippen LogP) is 22.1. The number of benzene rings is 9. The van der Waals surface area contributed by atoms with Crippen LogP contribution in [0.25, 0.3) is 88.5 Å². The number of nitrogens with zero attached hydrogens (tertiary/aromatic N) is 9. The summed E-state index contributed by atoms with van der Waals surface area (Å²) < 4.78 is 48.6. The summed E-state index contributed by atoms with van der Waals surface area (Å²) in [6.45, 7) is 24.1. The second-order valence-electron chi connectivity index (χ2n) is 27.3. The Morgan fingerprint density at radius 2 is 0.794 bits per heavy atom. The number of pyridine rings is 3. The lowest BCUT2D eigenvalue weighted by Gasteiger charge is -2.19. The van der Waals surface area contributed by atoms with E-state index >= 15 is 4.39 Å². The van der Waals surface area contributed by atoms with Crippen LogP contribution in [0.5, 0.6) is 0 Å². The molecule has 6 aromatic heterocycles. The molecule has 0 aliphatic carbocycles. The second kappa shape index (κ2) is 33.5. The topological polar surface area (TPSA) is 152 Å². The number of aromatic nitrogens is 9. The van der Waals surface area contributed by atoms with Crippen molar-refractivity contribution in [2.24, 2.45) is 0 Å². The van der Waals surface area contributed by atoms with Crippen LogP contribution in [0.15, 0.2) is 250 Å². The fraction of sp³-hybridized carbons (Fsp3) is 0.193. The number of halogens is 6. The van der Waals surface area contributed by atoms with Gasteiger partial charge >= 0.3 is 0 Å². The molecule has 0 saturated carbocycles. The molecule has 0 bridgehead atoms. The zero-order chi connectivity index (χ0) is 76.7. The lowest BCUT2D eigenvalue weighted by atomic mass is 9.97. The van der Waals surface area contributed by atoms with Gasteiger partial charge in [-0.1, -0.05) is 207 Å². The minimum absolute atomic E-state index is 0.000603. The summed E-state index contributed by atoms with van der Waals surface area (Å²) in [6.07, 6.45) is 1.82. The minimum atomic E-state index is -0.537. The summed E-state index contributed by atoms with van der Waals surface area (Å²) >= 11 is 18.5. The number of rotatable bonds is 10. The van der Waals surface area contributed by atoms with E-state index in [0.29, 0.717) is 77.7 Å². The van der Waals surface area contributed by atoms with Crippen LogP contribution >= 0.6 is 34.8 Å². The molecule has 0 N–H and O–H groups in total. The van der Waals surface area contributed by atoms with Crippen LogP contribution < -0.4 is 22.2 Å². The molecule has 107 heavy (non-hydrogen) atoms. The Morgan fingerprint density at radius 3 is 1.30 bits per heavy atom. The summed E-state index contributed by atoms with van der Waals surface area (Å²) in [7, 11) is 0. The molecule has 0 aliphatic rings. The molecule has 542 valence electrons. The highest BCUT2D eigenvalue weighted by Crippen LogP contribution is 2.33. The lowest BCUT2D eigenvalue weighted by molar-refractivity contribution is 0.581. The van der Waals surface area contributed by atoms with Gasteiger partial charge in [-0.25, -0.2) is 33.1 Å². The molecule has 15 rings (SSSR count). The fourth-order valence-electron chi connectivity index (χ4n) is 12.7. The van der Waals surface area contributed by atoms with E-state index in [0.717, 1.165) is 34.0 Å². The Morgan fingerprint density at radius 1 is 0.355 bits per heavy atom. The molecule has 0 atom stereocenters. The SMILES string of the molecule is CC(C)c1c(F)c2cccc(Cl)c2c(=O)n1-c1ccccc1.CC(C)c1nc2cccc(Cl)c2c(=O)n1-c1cccc(F)c1.CC(C)c1nc2cccc(F)c2c(=O)n1-c1ccccc1.Cc1ccc2cc(C(C)C)c(-c3ccccn3)nc2c1.Cc1cccc(-n2c(C(C)C)nc3cccc(Cl)c3c2=O)c1. The number of fused-ring (bicyclic) bond motifs is 5. The largest absolute Gasteiger partial charge is 0.277 e. The molecule has 0 fully saturated rings. The Hall–Kier alpha value is -11.2. The first-order chi connectivity index (χ1) is 51.2. The Bertz CT molecular complexity index is 5900. The molecule has 0 aliphatic heterocycles. The van der Waals surface area contributed by atoms with Crippen molar-refractivity contribution in [3.8, 4) is 34.1 Å². The van der Waals surface area contributed by atoms with Gasteiger partial charge in [-0.2, -0.15) is 0 Å². The van der Waals surface area contributed by atoms with E-state index < -0.39 is 17.5 Å².